The summed E-state index contributed by atoms with van der Waals surface area (Å²) in [6, 6.07) is 0. The third kappa shape index (κ3) is 4.10. The van der Waals surface area contributed by atoms with Gasteiger partial charge in [-0.05, 0) is 26.8 Å². The molecular formula is C10H15BrF2N2O2S. The van der Waals surface area contributed by atoms with E-state index in [9.17, 15) is 17.2 Å². The Labute approximate surface area is 114 Å². The van der Waals surface area contributed by atoms with Gasteiger partial charge in [0.15, 0.2) is 0 Å². The zero-order chi connectivity index (χ0) is 14.1. The number of nitrogens with zero attached hydrogens (tertiary/aromatic N) is 1. The molecule has 0 amide bonds. The van der Waals surface area contributed by atoms with E-state index in [1.165, 1.54) is 6.08 Å². The van der Waals surface area contributed by atoms with Crippen molar-refractivity contribution in [1.82, 2.24) is 4.72 Å². The Morgan fingerprint density at radius 3 is 2.50 bits per heavy atom. The molecule has 0 aromatic carbocycles. The maximum Gasteiger partial charge on any atom is 0.281 e. The van der Waals surface area contributed by atoms with Crippen LogP contribution in [0, 0.1) is 0 Å². The van der Waals surface area contributed by atoms with Gasteiger partial charge >= 0.3 is 0 Å². The molecule has 18 heavy (non-hydrogen) atoms. The molecule has 0 radical (unpaired) electrons. The summed E-state index contributed by atoms with van der Waals surface area (Å²) in [5, 5.41) is 0. The van der Waals surface area contributed by atoms with E-state index < -0.39 is 32.6 Å². The van der Waals surface area contributed by atoms with E-state index in [2.05, 4.69) is 25.6 Å². The van der Waals surface area contributed by atoms with Gasteiger partial charge in [0.1, 0.15) is 10.6 Å². The van der Waals surface area contributed by atoms with E-state index >= 15 is 0 Å². The molecule has 0 aromatic rings. The number of halogens is 3. The lowest BCUT2D eigenvalue weighted by molar-refractivity contribution is 0.226. The number of hydrogen-bond acceptors (Lipinski definition) is 3. The van der Waals surface area contributed by atoms with Crippen molar-refractivity contribution in [2.45, 2.75) is 37.6 Å². The van der Waals surface area contributed by atoms with Crippen LogP contribution in [-0.2, 0) is 10.0 Å². The van der Waals surface area contributed by atoms with Crippen molar-refractivity contribution < 1.29 is 17.2 Å². The van der Waals surface area contributed by atoms with Crippen molar-refractivity contribution >= 4 is 31.7 Å². The van der Waals surface area contributed by atoms with Gasteiger partial charge in [-0.25, -0.2) is 21.9 Å². The average molecular weight is 345 g/mol. The molecular weight excluding hydrogens is 330 g/mol. The normalized spacial score (nSPS) is 21.8. The van der Waals surface area contributed by atoms with E-state index in [-0.39, 0.29) is 11.4 Å². The minimum atomic E-state index is -4.00. The third-order valence-electron chi connectivity index (χ3n) is 1.96. The number of allylic oxidation sites excluding steroid dienone is 1. The third-order valence-corrected chi connectivity index (χ3v) is 4.32. The fourth-order valence-corrected chi connectivity index (χ4v) is 3.70. The summed E-state index contributed by atoms with van der Waals surface area (Å²) in [7, 11) is -4.00. The maximum absolute atomic E-state index is 12.8. The van der Waals surface area contributed by atoms with Crippen molar-refractivity contribution in [3.63, 3.8) is 0 Å². The van der Waals surface area contributed by atoms with Crippen LogP contribution >= 0.6 is 15.9 Å². The van der Waals surface area contributed by atoms with Crippen LogP contribution in [0.5, 0.6) is 0 Å². The number of sulfonamides is 1. The van der Waals surface area contributed by atoms with Crippen molar-refractivity contribution in [2.75, 3.05) is 6.54 Å². The van der Waals surface area contributed by atoms with Crippen LogP contribution in [0.2, 0.25) is 0 Å². The molecule has 4 nitrogen and oxygen atoms in total. The second-order valence-electron chi connectivity index (χ2n) is 4.93. The van der Waals surface area contributed by atoms with Crippen LogP contribution in [0.4, 0.5) is 8.78 Å². The molecule has 0 aromatic heterocycles. The van der Waals surface area contributed by atoms with Crippen LogP contribution in [-0.4, -0.2) is 37.5 Å². The highest BCUT2D eigenvalue weighted by molar-refractivity contribution is 9.09. The quantitative estimate of drug-likeness (QED) is 0.796. The minimum absolute atomic E-state index is 0.105. The molecule has 0 spiro atoms. The number of nitrogens with one attached hydrogen (secondary N) is 1. The predicted octanol–water partition coefficient (Wildman–Crippen LogP) is 2.07. The summed E-state index contributed by atoms with van der Waals surface area (Å²) in [6.45, 7) is 5.02. The number of alkyl halides is 3. The van der Waals surface area contributed by atoms with Gasteiger partial charge in [-0.2, -0.15) is 0 Å². The van der Waals surface area contributed by atoms with E-state index in [0.29, 0.717) is 0 Å². The summed E-state index contributed by atoms with van der Waals surface area (Å²) >= 11 is 3.16. The highest BCUT2D eigenvalue weighted by Crippen LogP contribution is 2.22. The summed E-state index contributed by atoms with van der Waals surface area (Å²) in [4.78, 5) is 2.82. The number of dihydropyridines is 1. The second-order valence-corrected chi connectivity index (χ2v) is 7.76. The Balaban J connectivity index is 3.16. The molecule has 0 fully saturated rings. The largest absolute Gasteiger partial charge is 0.281 e. The molecule has 104 valence electrons. The summed E-state index contributed by atoms with van der Waals surface area (Å²) in [5.74, 6) is 0. The molecule has 1 atom stereocenters. The average Bonchev–Trinajstić information content (AvgIpc) is 2.13. The number of rotatable bonds is 3. The zero-order valence-corrected chi connectivity index (χ0v) is 12.6. The van der Waals surface area contributed by atoms with Crippen LogP contribution in [0.15, 0.2) is 16.0 Å². The lowest BCUT2D eigenvalue weighted by Crippen LogP contribution is -2.43. The van der Waals surface area contributed by atoms with Gasteiger partial charge in [0.05, 0.1) is 11.4 Å². The molecule has 1 aliphatic heterocycles. The molecule has 1 unspecified atom stereocenters. The van der Waals surface area contributed by atoms with Gasteiger partial charge in [-0.3, -0.25) is 4.99 Å². The van der Waals surface area contributed by atoms with Crippen LogP contribution < -0.4 is 4.72 Å². The van der Waals surface area contributed by atoms with Gasteiger partial charge in [0.25, 0.3) is 6.43 Å². The Bertz CT molecular complexity index is 481. The Hall–Kier alpha value is -0.340. The molecule has 0 saturated heterocycles. The number of aliphatic imine (C=N–C) groups is 1. The first-order valence-electron chi connectivity index (χ1n) is 5.26. The molecule has 1 heterocycles. The van der Waals surface area contributed by atoms with Gasteiger partial charge in [-0.1, -0.05) is 15.9 Å². The minimum Gasteiger partial charge on any atom is -0.281 e. The van der Waals surface area contributed by atoms with Crippen LogP contribution in [0.1, 0.15) is 20.8 Å². The van der Waals surface area contributed by atoms with E-state index in [0.717, 1.165) is 0 Å². The molecule has 8 heteroatoms. The predicted molar refractivity (Wildman–Crippen MR) is 70.9 cm³/mol. The van der Waals surface area contributed by atoms with Crippen LogP contribution in [0.3, 0.4) is 0 Å². The Kier molecular flexibility index (Phi) is 4.66. The summed E-state index contributed by atoms with van der Waals surface area (Å²) in [6.07, 6.45) is -1.66. The zero-order valence-electron chi connectivity index (χ0n) is 10.2. The van der Waals surface area contributed by atoms with Crippen molar-refractivity contribution in [3.8, 4) is 0 Å². The topological polar surface area (TPSA) is 58.5 Å². The fourth-order valence-electron chi connectivity index (χ4n) is 1.43. The Morgan fingerprint density at radius 1 is 1.50 bits per heavy atom. The first-order chi connectivity index (χ1) is 8.03. The molecule has 1 aliphatic rings. The van der Waals surface area contributed by atoms with Gasteiger partial charge in [-0.15, -0.1) is 0 Å². The smallest absolute Gasteiger partial charge is 0.281 e. The highest BCUT2D eigenvalue weighted by atomic mass is 79.9. The molecule has 1 rings (SSSR count). The molecule has 0 aliphatic carbocycles. The first-order valence-corrected chi connectivity index (χ1v) is 7.65. The van der Waals surface area contributed by atoms with Gasteiger partial charge < -0.3 is 0 Å². The standard InChI is InChI=1S/C10H15BrF2N2O2S/c1-10(2,3)15-18(16,17)7-4-6(11)5-14-8(7)9(12)13/h4,6,9,15H,5H2,1-3H3. The second kappa shape index (κ2) is 5.34. The monoisotopic (exact) mass is 344 g/mol. The SMILES string of the molecule is CC(C)(C)NS(=O)(=O)C1=CC(Br)CN=C1C(F)F. The van der Waals surface area contributed by atoms with Crippen molar-refractivity contribution in [2.24, 2.45) is 4.99 Å². The van der Waals surface area contributed by atoms with Gasteiger partial charge in [0.2, 0.25) is 10.0 Å². The first kappa shape index (κ1) is 15.7. The summed E-state index contributed by atoms with van der Waals surface area (Å²) < 4.78 is 52.0. The molecule has 0 saturated carbocycles. The molecule has 0 bridgehead atoms. The van der Waals surface area contributed by atoms with Crippen molar-refractivity contribution in [3.05, 3.63) is 11.0 Å². The highest BCUT2D eigenvalue weighted by Gasteiger charge is 2.33. The van der Waals surface area contributed by atoms with E-state index in [1.807, 2.05) is 0 Å². The maximum atomic E-state index is 12.8. The van der Waals surface area contributed by atoms with E-state index in [4.69, 9.17) is 0 Å². The lowest BCUT2D eigenvalue weighted by Gasteiger charge is -2.24. The fraction of sp³-hybridized carbons (Fsp3) is 0.700. The van der Waals surface area contributed by atoms with Gasteiger partial charge in [0, 0.05) is 5.54 Å². The van der Waals surface area contributed by atoms with Crippen molar-refractivity contribution in [1.29, 1.82) is 0 Å². The van der Waals surface area contributed by atoms with E-state index in [1.54, 1.807) is 20.8 Å². The summed E-state index contributed by atoms with van der Waals surface area (Å²) in [5.41, 5.74) is -1.42. The lowest BCUT2D eigenvalue weighted by atomic mass is 10.1. The molecule has 1 N–H and O–H groups in total. The Morgan fingerprint density at radius 2 is 2.06 bits per heavy atom. The van der Waals surface area contributed by atoms with Crippen LogP contribution in [0.25, 0.3) is 0 Å². The number of hydrogen-bond donors (Lipinski definition) is 1.